The molecule has 1 aliphatic rings. The Morgan fingerprint density at radius 2 is 2.26 bits per heavy atom. The zero-order valence-electron chi connectivity index (χ0n) is 10.9. The van der Waals surface area contributed by atoms with Crippen LogP contribution in [0.5, 0.6) is 0 Å². The molecule has 1 aliphatic heterocycles. The number of nitrogens with zero attached hydrogens (tertiary/aromatic N) is 2. The highest BCUT2D eigenvalue weighted by Gasteiger charge is 2.27. The number of hydrogen-bond donors (Lipinski definition) is 2. The molecule has 1 saturated heterocycles. The SMILES string of the molecule is CC1(O)CCCN(C(=O)c2cnc(N)c(Cl)c2)CC1. The summed E-state index contributed by atoms with van der Waals surface area (Å²) in [5.41, 5.74) is 5.27. The zero-order chi connectivity index (χ0) is 14.0. The van der Waals surface area contributed by atoms with Gasteiger partial charge in [-0.25, -0.2) is 4.98 Å². The van der Waals surface area contributed by atoms with Gasteiger partial charge in [0.2, 0.25) is 0 Å². The molecule has 2 heterocycles. The summed E-state index contributed by atoms with van der Waals surface area (Å²) < 4.78 is 0. The van der Waals surface area contributed by atoms with Crippen LogP contribution in [0.3, 0.4) is 0 Å². The van der Waals surface area contributed by atoms with Crippen molar-refractivity contribution in [2.75, 3.05) is 18.8 Å². The van der Waals surface area contributed by atoms with E-state index in [-0.39, 0.29) is 16.7 Å². The van der Waals surface area contributed by atoms with Crippen LogP contribution in [0, 0.1) is 0 Å². The number of rotatable bonds is 1. The number of nitrogens with two attached hydrogens (primary N) is 1. The number of nitrogen functional groups attached to an aromatic ring is 1. The van der Waals surface area contributed by atoms with E-state index in [1.54, 1.807) is 4.90 Å². The number of carbonyl (C=O) groups is 1. The van der Waals surface area contributed by atoms with Crippen LogP contribution in [0.15, 0.2) is 12.3 Å². The summed E-state index contributed by atoms with van der Waals surface area (Å²) in [6.07, 6.45) is 3.51. The number of aromatic nitrogens is 1. The molecular weight excluding hydrogens is 266 g/mol. The highest BCUT2D eigenvalue weighted by molar-refractivity contribution is 6.33. The topological polar surface area (TPSA) is 79.5 Å². The van der Waals surface area contributed by atoms with Gasteiger partial charge in [0, 0.05) is 19.3 Å². The van der Waals surface area contributed by atoms with Gasteiger partial charge < -0.3 is 15.7 Å². The fraction of sp³-hybridized carbons (Fsp3) is 0.538. The first-order chi connectivity index (χ1) is 8.89. The minimum atomic E-state index is -0.688. The van der Waals surface area contributed by atoms with Crippen LogP contribution in [-0.2, 0) is 0 Å². The molecule has 0 saturated carbocycles. The zero-order valence-corrected chi connectivity index (χ0v) is 11.7. The van der Waals surface area contributed by atoms with E-state index in [2.05, 4.69) is 4.98 Å². The molecule has 1 fully saturated rings. The average molecular weight is 284 g/mol. The third-order valence-electron chi connectivity index (χ3n) is 3.47. The van der Waals surface area contributed by atoms with E-state index in [9.17, 15) is 9.90 Å². The molecule has 0 spiro atoms. The Hall–Kier alpha value is -1.33. The first-order valence-electron chi connectivity index (χ1n) is 6.32. The fourth-order valence-corrected chi connectivity index (χ4v) is 2.38. The molecule has 104 valence electrons. The molecule has 0 radical (unpaired) electrons. The van der Waals surface area contributed by atoms with Crippen molar-refractivity contribution in [1.82, 2.24) is 9.88 Å². The van der Waals surface area contributed by atoms with E-state index in [0.29, 0.717) is 31.5 Å². The number of pyridine rings is 1. The van der Waals surface area contributed by atoms with Gasteiger partial charge in [-0.15, -0.1) is 0 Å². The van der Waals surface area contributed by atoms with Crippen LogP contribution < -0.4 is 5.73 Å². The lowest BCUT2D eigenvalue weighted by molar-refractivity contribution is 0.0438. The van der Waals surface area contributed by atoms with Crippen LogP contribution in [0.4, 0.5) is 5.82 Å². The van der Waals surface area contributed by atoms with Gasteiger partial charge in [-0.3, -0.25) is 4.79 Å². The quantitative estimate of drug-likeness (QED) is 0.822. The molecule has 1 aromatic heterocycles. The molecule has 6 heteroatoms. The normalized spacial score (nSPS) is 24.1. The number of amides is 1. The average Bonchev–Trinajstić information content (AvgIpc) is 2.53. The third-order valence-corrected chi connectivity index (χ3v) is 3.77. The van der Waals surface area contributed by atoms with E-state index in [1.807, 2.05) is 6.92 Å². The summed E-state index contributed by atoms with van der Waals surface area (Å²) in [6.45, 7) is 2.98. The smallest absolute Gasteiger partial charge is 0.255 e. The molecule has 0 aromatic carbocycles. The van der Waals surface area contributed by atoms with Crippen molar-refractivity contribution in [1.29, 1.82) is 0 Å². The highest BCUT2D eigenvalue weighted by atomic mass is 35.5. The summed E-state index contributed by atoms with van der Waals surface area (Å²) >= 11 is 5.88. The number of likely N-dealkylation sites (tertiary alicyclic amines) is 1. The van der Waals surface area contributed by atoms with Crippen LogP contribution in [0.2, 0.25) is 5.02 Å². The monoisotopic (exact) mass is 283 g/mol. The van der Waals surface area contributed by atoms with Gasteiger partial charge in [-0.1, -0.05) is 11.6 Å². The second-order valence-electron chi connectivity index (χ2n) is 5.23. The first-order valence-corrected chi connectivity index (χ1v) is 6.69. The maximum atomic E-state index is 12.3. The minimum Gasteiger partial charge on any atom is -0.390 e. The second-order valence-corrected chi connectivity index (χ2v) is 5.64. The van der Waals surface area contributed by atoms with Gasteiger partial charge in [0.15, 0.2) is 0 Å². The van der Waals surface area contributed by atoms with Crippen molar-refractivity contribution < 1.29 is 9.90 Å². The molecule has 5 nitrogen and oxygen atoms in total. The number of carbonyl (C=O) groups excluding carboxylic acids is 1. The Bertz CT molecular complexity index is 491. The summed E-state index contributed by atoms with van der Waals surface area (Å²) in [6, 6.07) is 1.54. The molecule has 1 atom stereocenters. The largest absolute Gasteiger partial charge is 0.390 e. The van der Waals surface area contributed by atoms with E-state index in [4.69, 9.17) is 17.3 Å². The Morgan fingerprint density at radius 3 is 2.95 bits per heavy atom. The van der Waals surface area contributed by atoms with Gasteiger partial charge in [0.1, 0.15) is 5.82 Å². The predicted molar refractivity (Wildman–Crippen MR) is 74.0 cm³/mol. The maximum Gasteiger partial charge on any atom is 0.255 e. The van der Waals surface area contributed by atoms with Crippen molar-refractivity contribution in [3.8, 4) is 0 Å². The molecule has 2 rings (SSSR count). The summed E-state index contributed by atoms with van der Waals surface area (Å²) in [5, 5.41) is 10.3. The molecule has 19 heavy (non-hydrogen) atoms. The van der Waals surface area contributed by atoms with Gasteiger partial charge in [0.05, 0.1) is 16.2 Å². The lowest BCUT2D eigenvalue weighted by atomic mass is 9.98. The van der Waals surface area contributed by atoms with Gasteiger partial charge in [-0.2, -0.15) is 0 Å². The third kappa shape index (κ3) is 3.36. The van der Waals surface area contributed by atoms with E-state index in [1.165, 1.54) is 12.3 Å². The fourth-order valence-electron chi connectivity index (χ4n) is 2.21. The molecule has 0 aliphatic carbocycles. The number of anilines is 1. The molecule has 1 unspecified atom stereocenters. The number of halogens is 1. The molecule has 1 aromatic rings. The summed E-state index contributed by atoms with van der Waals surface area (Å²) in [4.78, 5) is 18.0. The second kappa shape index (κ2) is 5.35. The maximum absolute atomic E-state index is 12.3. The van der Waals surface area contributed by atoms with Crippen molar-refractivity contribution in [3.63, 3.8) is 0 Å². The van der Waals surface area contributed by atoms with Crippen LogP contribution in [0.25, 0.3) is 0 Å². The number of hydrogen-bond acceptors (Lipinski definition) is 4. The highest BCUT2D eigenvalue weighted by Crippen LogP contribution is 2.23. The van der Waals surface area contributed by atoms with Crippen molar-refractivity contribution in [2.24, 2.45) is 0 Å². The van der Waals surface area contributed by atoms with Gasteiger partial charge in [0.25, 0.3) is 5.91 Å². The first kappa shape index (κ1) is 14.1. The summed E-state index contributed by atoms with van der Waals surface area (Å²) in [7, 11) is 0. The Balaban J connectivity index is 2.13. The summed E-state index contributed by atoms with van der Waals surface area (Å²) in [5.74, 6) is 0.101. The van der Waals surface area contributed by atoms with Crippen molar-refractivity contribution >= 4 is 23.3 Å². The molecular formula is C13H18ClN3O2. The number of aliphatic hydroxyl groups is 1. The molecule has 0 bridgehead atoms. The van der Waals surface area contributed by atoms with Crippen molar-refractivity contribution in [3.05, 3.63) is 22.8 Å². The van der Waals surface area contributed by atoms with E-state index in [0.717, 1.165) is 6.42 Å². The predicted octanol–water partition coefficient (Wildman–Crippen LogP) is 1.69. The lowest BCUT2D eigenvalue weighted by Gasteiger charge is -2.22. The Morgan fingerprint density at radius 1 is 1.53 bits per heavy atom. The molecule has 1 amide bonds. The lowest BCUT2D eigenvalue weighted by Crippen LogP contribution is -2.33. The van der Waals surface area contributed by atoms with E-state index < -0.39 is 5.60 Å². The molecule has 3 N–H and O–H groups in total. The van der Waals surface area contributed by atoms with E-state index >= 15 is 0 Å². The van der Waals surface area contributed by atoms with Crippen LogP contribution in [-0.4, -0.2) is 39.6 Å². The Labute approximate surface area is 117 Å². The minimum absolute atomic E-state index is 0.118. The van der Waals surface area contributed by atoms with Gasteiger partial charge >= 0.3 is 0 Å². The van der Waals surface area contributed by atoms with Gasteiger partial charge in [-0.05, 0) is 32.3 Å². The standard InChI is InChI=1S/C13H18ClN3O2/c1-13(19)3-2-5-17(6-4-13)12(18)9-7-10(14)11(15)16-8-9/h7-8,19H,2-6H2,1H3,(H2,15,16). The van der Waals surface area contributed by atoms with Crippen LogP contribution >= 0.6 is 11.6 Å². The Kier molecular flexibility index (Phi) is 3.96. The van der Waals surface area contributed by atoms with Crippen LogP contribution in [0.1, 0.15) is 36.5 Å². The van der Waals surface area contributed by atoms with Crippen molar-refractivity contribution in [2.45, 2.75) is 31.8 Å².